The van der Waals surface area contributed by atoms with Crippen molar-refractivity contribution in [2.24, 2.45) is 0 Å². The van der Waals surface area contributed by atoms with E-state index in [4.69, 9.17) is 0 Å². The van der Waals surface area contributed by atoms with Gasteiger partial charge in [0, 0.05) is 9.52 Å². The summed E-state index contributed by atoms with van der Waals surface area (Å²) in [5, 5.41) is 10.1. The SMILES string of the molecule is CCC(C)(C)[SiH2]C1CC1(C)O. The van der Waals surface area contributed by atoms with Crippen molar-refractivity contribution < 1.29 is 5.11 Å². The van der Waals surface area contributed by atoms with Crippen LogP contribution in [0.3, 0.4) is 0 Å². The smallest absolute Gasteiger partial charge is 0.0621 e. The molecule has 2 heteroatoms. The van der Waals surface area contributed by atoms with Gasteiger partial charge in [-0.05, 0) is 23.9 Å². The Bertz CT molecular complexity index is 152. The molecule has 1 fully saturated rings. The Balaban J connectivity index is 2.34. The van der Waals surface area contributed by atoms with Gasteiger partial charge in [-0.3, -0.25) is 0 Å². The second-order valence-electron chi connectivity index (χ2n) is 4.98. The molecule has 0 amide bonds. The number of aliphatic hydroxyl groups is 1. The molecule has 0 saturated heterocycles. The average molecular weight is 172 g/mol. The molecule has 2 unspecified atom stereocenters. The van der Waals surface area contributed by atoms with Gasteiger partial charge in [-0.1, -0.05) is 27.2 Å². The summed E-state index contributed by atoms with van der Waals surface area (Å²) in [5.41, 5.74) is 0.441. The molecule has 0 aromatic rings. The van der Waals surface area contributed by atoms with Gasteiger partial charge in [-0.2, -0.15) is 0 Å². The maximum Gasteiger partial charge on any atom is 0.0621 e. The van der Waals surface area contributed by atoms with Gasteiger partial charge in [0.15, 0.2) is 0 Å². The van der Waals surface area contributed by atoms with Crippen LogP contribution in [0.5, 0.6) is 0 Å². The van der Waals surface area contributed by atoms with Gasteiger partial charge in [0.05, 0.1) is 5.60 Å². The molecular weight excluding hydrogens is 152 g/mol. The van der Waals surface area contributed by atoms with Gasteiger partial charge >= 0.3 is 0 Å². The van der Waals surface area contributed by atoms with Crippen molar-refractivity contribution in [3.63, 3.8) is 0 Å². The largest absolute Gasteiger partial charge is 0.390 e. The highest BCUT2D eigenvalue weighted by Crippen LogP contribution is 2.52. The molecule has 1 aliphatic rings. The quantitative estimate of drug-likeness (QED) is 0.643. The zero-order valence-corrected chi connectivity index (χ0v) is 9.56. The fourth-order valence-corrected chi connectivity index (χ4v) is 4.33. The Morgan fingerprint density at radius 2 is 2.09 bits per heavy atom. The van der Waals surface area contributed by atoms with E-state index in [-0.39, 0.29) is 15.1 Å². The molecule has 0 radical (unpaired) electrons. The summed E-state index contributed by atoms with van der Waals surface area (Å²) in [6, 6.07) is 0. The predicted molar refractivity (Wildman–Crippen MR) is 51.9 cm³/mol. The standard InChI is InChI=1S/C9H20OSi/c1-5-8(2,3)11-7-6-9(7,4)10/h7,10H,5-6,11H2,1-4H3. The summed E-state index contributed by atoms with van der Waals surface area (Å²) in [6.07, 6.45) is 2.34. The van der Waals surface area contributed by atoms with Crippen LogP contribution in [0.1, 0.15) is 40.5 Å². The third kappa shape index (κ3) is 2.31. The molecule has 0 spiro atoms. The maximum absolute atomic E-state index is 9.59. The van der Waals surface area contributed by atoms with E-state index in [1.165, 1.54) is 6.42 Å². The van der Waals surface area contributed by atoms with Crippen molar-refractivity contribution >= 4 is 9.52 Å². The van der Waals surface area contributed by atoms with Crippen LogP contribution >= 0.6 is 0 Å². The van der Waals surface area contributed by atoms with Crippen molar-refractivity contribution in [3.05, 3.63) is 0 Å². The monoisotopic (exact) mass is 172 g/mol. The molecule has 2 atom stereocenters. The van der Waals surface area contributed by atoms with Crippen LogP contribution in [0.2, 0.25) is 10.6 Å². The summed E-state index contributed by atoms with van der Waals surface area (Å²) in [5.74, 6) is 0. The van der Waals surface area contributed by atoms with Gasteiger partial charge in [0.1, 0.15) is 0 Å². The molecule has 0 bridgehead atoms. The molecule has 66 valence electrons. The van der Waals surface area contributed by atoms with Gasteiger partial charge in [-0.15, -0.1) is 0 Å². The van der Waals surface area contributed by atoms with Crippen molar-refractivity contribution in [1.82, 2.24) is 0 Å². The first-order valence-corrected chi connectivity index (χ1v) is 6.12. The second-order valence-corrected chi connectivity index (χ2v) is 8.29. The summed E-state index contributed by atoms with van der Waals surface area (Å²) in [6.45, 7) is 8.92. The van der Waals surface area contributed by atoms with E-state index < -0.39 is 0 Å². The number of hydrogen-bond donors (Lipinski definition) is 1. The van der Waals surface area contributed by atoms with Crippen molar-refractivity contribution in [2.75, 3.05) is 0 Å². The number of hydrogen-bond acceptors (Lipinski definition) is 1. The van der Waals surface area contributed by atoms with E-state index in [1.807, 2.05) is 6.92 Å². The zero-order valence-electron chi connectivity index (χ0n) is 8.15. The minimum atomic E-state index is -0.265. The molecule has 1 saturated carbocycles. The van der Waals surface area contributed by atoms with Crippen LogP contribution in [-0.4, -0.2) is 20.2 Å². The summed E-state index contributed by atoms with van der Waals surface area (Å²) >= 11 is 0. The topological polar surface area (TPSA) is 20.2 Å². The maximum atomic E-state index is 9.59. The van der Waals surface area contributed by atoms with Crippen molar-refractivity contribution in [3.8, 4) is 0 Å². The van der Waals surface area contributed by atoms with E-state index in [0.29, 0.717) is 10.6 Å². The van der Waals surface area contributed by atoms with Crippen LogP contribution in [-0.2, 0) is 0 Å². The summed E-state index contributed by atoms with van der Waals surface area (Å²) in [4.78, 5) is 0. The first-order valence-electron chi connectivity index (χ1n) is 4.60. The Hall–Kier alpha value is 0.177. The third-order valence-corrected chi connectivity index (χ3v) is 6.40. The summed E-state index contributed by atoms with van der Waals surface area (Å²) < 4.78 is 0. The molecular formula is C9H20OSi. The molecule has 1 N–H and O–H groups in total. The lowest BCUT2D eigenvalue weighted by Crippen LogP contribution is -2.16. The molecule has 1 rings (SSSR count). The van der Waals surface area contributed by atoms with Crippen LogP contribution in [0.4, 0.5) is 0 Å². The van der Waals surface area contributed by atoms with E-state index in [2.05, 4.69) is 20.8 Å². The second kappa shape index (κ2) is 2.59. The first-order chi connectivity index (χ1) is 4.87. The molecule has 0 aromatic carbocycles. The van der Waals surface area contributed by atoms with Crippen LogP contribution < -0.4 is 0 Å². The Morgan fingerprint density at radius 3 is 2.36 bits per heavy atom. The normalized spacial score (nSPS) is 38.5. The highest BCUT2D eigenvalue weighted by molar-refractivity contribution is 6.43. The van der Waals surface area contributed by atoms with E-state index in [9.17, 15) is 5.11 Å². The lowest BCUT2D eigenvalue weighted by molar-refractivity contribution is 0.171. The van der Waals surface area contributed by atoms with E-state index in [1.54, 1.807) is 0 Å². The Kier molecular flexibility index (Phi) is 2.19. The highest BCUT2D eigenvalue weighted by atomic mass is 28.2. The van der Waals surface area contributed by atoms with E-state index >= 15 is 0 Å². The fourth-order valence-electron chi connectivity index (χ4n) is 1.54. The predicted octanol–water partition coefficient (Wildman–Crippen LogP) is 1.71. The van der Waals surface area contributed by atoms with Crippen molar-refractivity contribution in [2.45, 2.75) is 56.7 Å². The first kappa shape index (κ1) is 9.27. The van der Waals surface area contributed by atoms with Gasteiger partial charge in [0.2, 0.25) is 0 Å². The molecule has 0 aliphatic heterocycles. The summed E-state index contributed by atoms with van der Waals surface area (Å²) in [7, 11) is -0.0691. The minimum absolute atomic E-state index is 0.0691. The Morgan fingerprint density at radius 1 is 1.64 bits per heavy atom. The average Bonchev–Trinajstić information content (AvgIpc) is 2.39. The molecule has 0 aromatic heterocycles. The molecule has 11 heavy (non-hydrogen) atoms. The Labute approximate surface area is 72.0 Å². The zero-order chi connectivity index (χ0) is 8.70. The van der Waals surface area contributed by atoms with Crippen molar-refractivity contribution in [1.29, 1.82) is 0 Å². The molecule has 1 nitrogen and oxygen atoms in total. The van der Waals surface area contributed by atoms with Gasteiger partial charge in [-0.25, -0.2) is 0 Å². The lowest BCUT2D eigenvalue weighted by Gasteiger charge is -2.22. The van der Waals surface area contributed by atoms with Crippen LogP contribution in [0.15, 0.2) is 0 Å². The van der Waals surface area contributed by atoms with Crippen LogP contribution in [0.25, 0.3) is 0 Å². The van der Waals surface area contributed by atoms with Gasteiger partial charge < -0.3 is 5.11 Å². The van der Waals surface area contributed by atoms with E-state index in [0.717, 1.165) is 6.42 Å². The molecule has 1 aliphatic carbocycles. The highest BCUT2D eigenvalue weighted by Gasteiger charge is 2.49. The lowest BCUT2D eigenvalue weighted by atomic mass is 10.1. The fraction of sp³-hybridized carbons (Fsp3) is 1.00. The third-order valence-electron chi connectivity index (χ3n) is 3.14. The minimum Gasteiger partial charge on any atom is -0.390 e. The van der Waals surface area contributed by atoms with Gasteiger partial charge in [0.25, 0.3) is 0 Å². The van der Waals surface area contributed by atoms with Crippen LogP contribution in [0, 0.1) is 0 Å². The molecule has 0 heterocycles. The number of rotatable bonds is 3.